The van der Waals surface area contributed by atoms with Crippen molar-refractivity contribution in [3.05, 3.63) is 0 Å². The summed E-state index contributed by atoms with van der Waals surface area (Å²) in [5.74, 6) is 0.229. The largest absolute Gasteiger partial charge is 0.342 e. The van der Waals surface area contributed by atoms with Crippen molar-refractivity contribution < 1.29 is 4.79 Å². The summed E-state index contributed by atoms with van der Waals surface area (Å²) in [6, 6.07) is 0. The van der Waals surface area contributed by atoms with Gasteiger partial charge in [-0.1, -0.05) is 0 Å². The maximum atomic E-state index is 11.7. The Bertz CT molecular complexity index is 169. The van der Waals surface area contributed by atoms with Gasteiger partial charge in [0, 0.05) is 13.1 Å². The van der Waals surface area contributed by atoms with Crippen LogP contribution in [-0.4, -0.2) is 62.5 Å². The van der Waals surface area contributed by atoms with Crippen LogP contribution in [0.25, 0.3) is 0 Å². The SMILES string of the molecule is CCN(CC)C(=O)CN(C)CCCNC. The summed E-state index contributed by atoms with van der Waals surface area (Å²) in [7, 11) is 3.94. The van der Waals surface area contributed by atoms with Crippen molar-refractivity contribution in [2.75, 3.05) is 46.8 Å². The van der Waals surface area contributed by atoms with Crippen molar-refractivity contribution in [3.63, 3.8) is 0 Å². The smallest absolute Gasteiger partial charge is 0.236 e. The lowest BCUT2D eigenvalue weighted by atomic mass is 10.3. The van der Waals surface area contributed by atoms with E-state index in [1.54, 1.807) is 0 Å². The lowest BCUT2D eigenvalue weighted by molar-refractivity contribution is -0.131. The second-order valence-corrected chi connectivity index (χ2v) is 3.76. The van der Waals surface area contributed by atoms with E-state index in [1.807, 2.05) is 32.8 Å². The van der Waals surface area contributed by atoms with Gasteiger partial charge >= 0.3 is 0 Å². The van der Waals surface area contributed by atoms with Gasteiger partial charge in [0.2, 0.25) is 5.91 Å². The van der Waals surface area contributed by atoms with Gasteiger partial charge in [-0.3, -0.25) is 9.69 Å². The second kappa shape index (κ2) is 8.68. The van der Waals surface area contributed by atoms with E-state index in [2.05, 4.69) is 10.2 Å². The highest BCUT2D eigenvalue weighted by Gasteiger charge is 2.11. The fraction of sp³-hybridized carbons (Fsp3) is 0.909. The highest BCUT2D eigenvalue weighted by molar-refractivity contribution is 5.78. The van der Waals surface area contributed by atoms with Crippen LogP contribution >= 0.6 is 0 Å². The van der Waals surface area contributed by atoms with E-state index in [4.69, 9.17) is 0 Å². The number of rotatable bonds is 8. The first kappa shape index (κ1) is 14.4. The summed E-state index contributed by atoms with van der Waals surface area (Å²) in [6.45, 7) is 8.15. The molecular formula is C11H25N3O. The highest BCUT2D eigenvalue weighted by atomic mass is 16.2. The predicted molar refractivity (Wildman–Crippen MR) is 64.0 cm³/mol. The van der Waals surface area contributed by atoms with Gasteiger partial charge in [0.25, 0.3) is 0 Å². The molecule has 90 valence electrons. The van der Waals surface area contributed by atoms with Crippen LogP contribution in [0.2, 0.25) is 0 Å². The summed E-state index contributed by atoms with van der Waals surface area (Å²) in [4.78, 5) is 15.7. The number of carbonyl (C=O) groups excluding carboxylic acids is 1. The third-order valence-corrected chi connectivity index (χ3v) is 2.49. The quantitative estimate of drug-likeness (QED) is 0.595. The van der Waals surface area contributed by atoms with Gasteiger partial charge in [-0.25, -0.2) is 0 Å². The van der Waals surface area contributed by atoms with E-state index in [-0.39, 0.29) is 5.91 Å². The lowest BCUT2D eigenvalue weighted by Crippen LogP contribution is -2.39. The average Bonchev–Trinajstić information content (AvgIpc) is 2.20. The molecular weight excluding hydrogens is 190 g/mol. The molecule has 0 saturated carbocycles. The van der Waals surface area contributed by atoms with Gasteiger partial charge in [-0.05, 0) is 47.5 Å². The number of carbonyl (C=O) groups is 1. The molecule has 0 radical (unpaired) electrons. The summed E-state index contributed by atoms with van der Waals surface area (Å²) in [6.07, 6.45) is 1.08. The van der Waals surface area contributed by atoms with Crippen molar-refractivity contribution in [1.82, 2.24) is 15.1 Å². The van der Waals surface area contributed by atoms with E-state index in [0.29, 0.717) is 6.54 Å². The first-order valence-corrected chi connectivity index (χ1v) is 5.76. The predicted octanol–water partition coefficient (Wildman–Crippen LogP) is 0.396. The van der Waals surface area contributed by atoms with Crippen LogP contribution < -0.4 is 5.32 Å². The Morgan fingerprint density at radius 2 is 1.87 bits per heavy atom. The normalized spacial score (nSPS) is 10.7. The number of nitrogens with one attached hydrogen (secondary N) is 1. The van der Waals surface area contributed by atoms with Crippen LogP contribution in [-0.2, 0) is 4.79 Å². The molecule has 0 aliphatic rings. The van der Waals surface area contributed by atoms with Gasteiger partial charge in [0.1, 0.15) is 0 Å². The number of nitrogens with zero attached hydrogens (tertiary/aromatic N) is 2. The molecule has 0 bridgehead atoms. The number of likely N-dealkylation sites (N-methyl/N-ethyl adjacent to an activating group) is 2. The van der Waals surface area contributed by atoms with Gasteiger partial charge in [0.15, 0.2) is 0 Å². The molecule has 0 rings (SSSR count). The molecule has 0 spiro atoms. The maximum Gasteiger partial charge on any atom is 0.236 e. The summed E-state index contributed by atoms with van der Waals surface area (Å²) in [5, 5.41) is 3.10. The highest BCUT2D eigenvalue weighted by Crippen LogP contribution is 1.93. The standard InChI is InChI=1S/C11H25N3O/c1-5-14(6-2)11(15)10-13(4)9-7-8-12-3/h12H,5-10H2,1-4H3. The van der Waals surface area contributed by atoms with Crippen LogP contribution in [0.3, 0.4) is 0 Å². The van der Waals surface area contributed by atoms with E-state index < -0.39 is 0 Å². The molecule has 0 atom stereocenters. The maximum absolute atomic E-state index is 11.7. The molecule has 15 heavy (non-hydrogen) atoms. The Morgan fingerprint density at radius 1 is 1.27 bits per heavy atom. The van der Waals surface area contributed by atoms with Gasteiger partial charge in [-0.15, -0.1) is 0 Å². The van der Waals surface area contributed by atoms with Gasteiger partial charge in [0.05, 0.1) is 6.54 Å². The molecule has 1 N–H and O–H groups in total. The number of amides is 1. The summed E-state index contributed by atoms with van der Waals surface area (Å²) < 4.78 is 0. The summed E-state index contributed by atoms with van der Waals surface area (Å²) >= 11 is 0. The molecule has 1 amide bonds. The monoisotopic (exact) mass is 215 g/mol. The molecule has 0 aromatic heterocycles. The van der Waals surface area contributed by atoms with E-state index in [1.165, 1.54) is 0 Å². The Balaban J connectivity index is 3.74. The van der Waals surface area contributed by atoms with Crippen molar-refractivity contribution in [2.45, 2.75) is 20.3 Å². The molecule has 0 heterocycles. The van der Waals surface area contributed by atoms with Crippen LogP contribution in [0, 0.1) is 0 Å². The number of hydrogen-bond donors (Lipinski definition) is 1. The molecule has 4 nitrogen and oxygen atoms in total. The fourth-order valence-corrected chi connectivity index (χ4v) is 1.51. The molecule has 0 aromatic carbocycles. The van der Waals surface area contributed by atoms with Crippen molar-refractivity contribution in [2.24, 2.45) is 0 Å². The van der Waals surface area contributed by atoms with Crippen molar-refractivity contribution >= 4 is 5.91 Å². The zero-order chi connectivity index (χ0) is 11.7. The Kier molecular flexibility index (Phi) is 8.33. The first-order valence-electron chi connectivity index (χ1n) is 5.76. The van der Waals surface area contributed by atoms with E-state index in [9.17, 15) is 4.79 Å². The first-order chi connectivity index (χ1) is 7.15. The van der Waals surface area contributed by atoms with Crippen LogP contribution in [0.15, 0.2) is 0 Å². The molecule has 0 unspecified atom stereocenters. The third kappa shape index (κ3) is 6.47. The molecule has 0 aliphatic carbocycles. The zero-order valence-corrected chi connectivity index (χ0v) is 10.5. The number of hydrogen-bond acceptors (Lipinski definition) is 3. The molecule has 4 heteroatoms. The minimum atomic E-state index is 0.229. The van der Waals surface area contributed by atoms with E-state index in [0.717, 1.165) is 32.6 Å². The molecule has 0 aromatic rings. The van der Waals surface area contributed by atoms with Crippen LogP contribution in [0.5, 0.6) is 0 Å². The molecule has 0 fully saturated rings. The lowest BCUT2D eigenvalue weighted by Gasteiger charge is -2.22. The Morgan fingerprint density at radius 3 is 2.33 bits per heavy atom. The van der Waals surface area contributed by atoms with Crippen molar-refractivity contribution in [1.29, 1.82) is 0 Å². The Hall–Kier alpha value is -0.610. The van der Waals surface area contributed by atoms with Crippen LogP contribution in [0.4, 0.5) is 0 Å². The topological polar surface area (TPSA) is 35.6 Å². The molecule has 0 saturated heterocycles. The molecule has 0 aliphatic heterocycles. The van der Waals surface area contributed by atoms with Crippen molar-refractivity contribution in [3.8, 4) is 0 Å². The fourth-order valence-electron chi connectivity index (χ4n) is 1.51. The van der Waals surface area contributed by atoms with Gasteiger partial charge in [-0.2, -0.15) is 0 Å². The minimum Gasteiger partial charge on any atom is -0.342 e. The third-order valence-electron chi connectivity index (χ3n) is 2.49. The summed E-state index contributed by atoms with van der Waals surface area (Å²) in [5.41, 5.74) is 0. The van der Waals surface area contributed by atoms with Crippen LogP contribution in [0.1, 0.15) is 20.3 Å². The van der Waals surface area contributed by atoms with Gasteiger partial charge < -0.3 is 10.2 Å². The zero-order valence-electron chi connectivity index (χ0n) is 10.5. The minimum absolute atomic E-state index is 0.229. The second-order valence-electron chi connectivity index (χ2n) is 3.76. The van der Waals surface area contributed by atoms with E-state index >= 15 is 0 Å². The Labute approximate surface area is 93.6 Å². The average molecular weight is 215 g/mol.